The molecule has 3 aromatic carbocycles. The summed E-state index contributed by atoms with van der Waals surface area (Å²) in [6.07, 6.45) is 2.69. The van der Waals surface area contributed by atoms with E-state index in [4.69, 9.17) is 4.74 Å². The van der Waals surface area contributed by atoms with Crippen molar-refractivity contribution >= 4 is 29.7 Å². The highest BCUT2D eigenvalue weighted by atomic mass is 19.1. The highest BCUT2D eigenvalue weighted by molar-refractivity contribution is 5.99. The van der Waals surface area contributed by atoms with E-state index in [9.17, 15) is 22.4 Å². The molecule has 210 valence electrons. The number of hydrogen-bond acceptors (Lipinski definition) is 4. The SMILES string of the molecule is C=NNC(=NCC(C)c1cccc(CCC=O)c1F)c1cc(Oc2c(F)cc3[nH]ccc3c2F)ccc1F.CC. The molecule has 0 aliphatic heterocycles. The van der Waals surface area contributed by atoms with Crippen molar-refractivity contribution < 1.29 is 27.1 Å². The van der Waals surface area contributed by atoms with Gasteiger partial charge in [0.05, 0.1) is 11.1 Å². The Balaban J connectivity index is 0.00000216. The number of nitrogens with zero attached hydrogens (tertiary/aromatic N) is 2. The lowest BCUT2D eigenvalue weighted by molar-refractivity contribution is -0.107. The van der Waals surface area contributed by atoms with E-state index in [1.165, 1.54) is 24.4 Å². The number of aryl methyl sites for hydroxylation is 1. The molecule has 0 saturated carbocycles. The highest BCUT2D eigenvalue weighted by Crippen LogP contribution is 2.33. The quantitative estimate of drug-likeness (QED) is 0.0704. The van der Waals surface area contributed by atoms with Crippen LogP contribution in [0.4, 0.5) is 17.6 Å². The number of aliphatic imine (C=N–C) groups is 1. The Morgan fingerprint density at radius 2 is 1.85 bits per heavy atom. The molecule has 10 heteroatoms. The molecule has 1 unspecified atom stereocenters. The zero-order chi connectivity index (χ0) is 29.2. The third-order valence-electron chi connectivity index (χ3n) is 5.99. The lowest BCUT2D eigenvalue weighted by Gasteiger charge is -2.15. The van der Waals surface area contributed by atoms with Gasteiger partial charge < -0.3 is 14.5 Å². The van der Waals surface area contributed by atoms with Crippen molar-refractivity contribution in [3.8, 4) is 11.5 Å². The number of aldehydes is 1. The molecule has 2 N–H and O–H groups in total. The second kappa shape index (κ2) is 14.1. The van der Waals surface area contributed by atoms with E-state index in [2.05, 4.69) is 27.2 Å². The monoisotopic (exact) mass is 554 g/mol. The van der Waals surface area contributed by atoms with Crippen LogP contribution >= 0.6 is 0 Å². The van der Waals surface area contributed by atoms with Crippen LogP contribution in [0.2, 0.25) is 0 Å². The van der Waals surface area contributed by atoms with Crippen LogP contribution in [-0.4, -0.2) is 30.4 Å². The first-order valence-corrected chi connectivity index (χ1v) is 12.7. The first-order chi connectivity index (χ1) is 19.3. The van der Waals surface area contributed by atoms with E-state index < -0.39 is 34.9 Å². The minimum atomic E-state index is -0.936. The molecule has 0 radical (unpaired) electrons. The topological polar surface area (TPSA) is 78.8 Å². The van der Waals surface area contributed by atoms with Gasteiger partial charge in [-0.3, -0.25) is 10.4 Å². The Bertz CT molecular complexity index is 1520. The van der Waals surface area contributed by atoms with Crippen LogP contribution in [0.25, 0.3) is 10.9 Å². The van der Waals surface area contributed by atoms with Gasteiger partial charge in [-0.1, -0.05) is 39.0 Å². The summed E-state index contributed by atoms with van der Waals surface area (Å²) < 4.78 is 64.6. The van der Waals surface area contributed by atoms with Crippen molar-refractivity contribution in [3.63, 3.8) is 0 Å². The van der Waals surface area contributed by atoms with Crippen LogP contribution in [0.3, 0.4) is 0 Å². The fourth-order valence-electron chi connectivity index (χ4n) is 4.04. The number of carbonyl (C=O) groups is 1. The summed E-state index contributed by atoms with van der Waals surface area (Å²) in [7, 11) is 0. The number of rotatable bonds is 10. The molecule has 0 aliphatic rings. The third kappa shape index (κ3) is 6.74. The van der Waals surface area contributed by atoms with Crippen LogP contribution in [0.1, 0.15) is 49.8 Å². The van der Waals surface area contributed by atoms with Crippen molar-refractivity contribution in [2.24, 2.45) is 10.1 Å². The van der Waals surface area contributed by atoms with Gasteiger partial charge in [-0.2, -0.15) is 5.10 Å². The van der Waals surface area contributed by atoms with E-state index in [1.54, 1.807) is 25.1 Å². The summed E-state index contributed by atoms with van der Waals surface area (Å²) in [4.78, 5) is 17.8. The second-order valence-corrected chi connectivity index (χ2v) is 8.57. The molecule has 0 aliphatic carbocycles. The Morgan fingerprint density at radius 1 is 1.07 bits per heavy atom. The minimum Gasteiger partial charge on any atom is -0.451 e. The van der Waals surface area contributed by atoms with E-state index in [-0.39, 0.29) is 47.4 Å². The molecule has 4 aromatic rings. The number of ether oxygens (including phenoxy) is 1. The second-order valence-electron chi connectivity index (χ2n) is 8.57. The number of aromatic amines is 1. The van der Waals surface area contributed by atoms with E-state index in [0.717, 1.165) is 18.4 Å². The highest BCUT2D eigenvalue weighted by Gasteiger charge is 2.19. The largest absolute Gasteiger partial charge is 0.451 e. The summed E-state index contributed by atoms with van der Waals surface area (Å²) in [6, 6.07) is 11.0. The number of fused-ring (bicyclic) bond motifs is 1. The van der Waals surface area contributed by atoms with Crippen LogP contribution < -0.4 is 10.2 Å². The van der Waals surface area contributed by atoms with Crippen LogP contribution in [0.5, 0.6) is 11.5 Å². The van der Waals surface area contributed by atoms with Gasteiger partial charge in [0.2, 0.25) is 0 Å². The maximum absolute atomic E-state index is 15.0. The summed E-state index contributed by atoms with van der Waals surface area (Å²) >= 11 is 0. The number of benzene rings is 3. The molecule has 1 aromatic heterocycles. The number of nitrogens with one attached hydrogen (secondary N) is 2. The molecule has 0 bridgehead atoms. The minimum absolute atomic E-state index is 0.0330. The average Bonchev–Trinajstić information content (AvgIpc) is 3.43. The Hall–Kier alpha value is -4.47. The summed E-state index contributed by atoms with van der Waals surface area (Å²) in [6.45, 7) is 9.14. The van der Waals surface area contributed by atoms with Gasteiger partial charge in [-0.25, -0.2) is 17.6 Å². The number of hydrogen-bond donors (Lipinski definition) is 2. The Kier molecular flexibility index (Phi) is 10.6. The van der Waals surface area contributed by atoms with Gasteiger partial charge in [0, 0.05) is 43.3 Å². The number of carbonyl (C=O) groups excluding carboxylic acids is 1. The lowest BCUT2D eigenvalue weighted by atomic mass is 9.96. The van der Waals surface area contributed by atoms with Crippen molar-refractivity contribution in [2.75, 3.05) is 6.54 Å². The molecule has 1 atom stereocenters. The van der Waals surface area contributed by atoms with Crippen molar-refractivity contribution in [2.45, 2.75) is 39.5 Å². The summed E-state index contributed by atoms with van der Waals surface area (Å²) in [5.74, 6) is -4.09. The molecule has 4 rings (SSSR count). The molecule has 1 heterocycles. The molecule has 0 saturated heterocycles. The summed E-state index contributed by atoms with van der Waals surface area (Å²) in [5, 5.41) is 3.71. The van der Waals surface area contributed by atoms with Gasteiger partial charge in [0.25, 0.3) is 0 Å². The lowest BCUT2D eigenvalue weighted by Crippen LogP contribution is -2.21. The average molecular weight is 555 g/mol. The van der Waals surface area contributed by atoms with E-state index in [1.807, 2.05) is 13.8 Å². The van der Waals surface area contributed by atoms with E-state index in [0.29, 0.717) is 11.1 Å². The normalized spacial score (nSPS) is 11.9. The van der Waals surface area contributed by atoms with Gasteiger partial charge in [0.1, 0.15) is 23.7 Å². The number of amidine groups is 1. The summed E-state index contributed by atoms with van der Waals surface area (Å²) in [5.41, 5.74) is 3.51. The smallest absolute Gasteiger partial charge is 0.199 e. The Labute approximate surface area is 229 Å². The first kappa shape index (κ1) is 30.1. The number of hydrazone groups is 1. The Morgan fingerprint density at radius 3 is 2.58 bits per heavy atom. The van der Waals surface area contributed by atoms with E-state index >= 15 is 0 Å². The van der Waals surface area contributed by atoms with Crippen LogP contribution in [-0.2, 0) is 11.2 Å². The number of halogens is 4. The van der Waals surface area contributed by atoms with Crippen molar-refractivity contribution in [1.82, 2.24) is 10.4 Å². The zero-order valence-corrected chi connectivity index (χ0v) is 22.4. The molecule has 0 spiro atoms. The van der Waals surface area contributed by atoms with Crippen LogP contribution in [0.15, 0.2) is 64.8 Å². The van der Waals surface area contributed by atoms with Gasteiger partial charge in [0.15, 0.2) is 23.2 Å². The third-order valence-corrected chi connectivity index (χ3v) is 5.99. The number of aromatic nitrogens is 1. The molecule has 0 fully saturated rings. The fourth-order valence-corrected chi connectivity index (χ4v) is 4.04. The maximum Gasteiger partial charge on any atom is 0.199 e. The predicted octanol–water partition coefficient (Wildman–Crippen LogP) is 7.43. The molecule has 0 amide bonds. The first-order valence-electron chi connectivity index (χ1n) is 12.7. The molecule has 40 heavy (non-hydrogen) atoms. The maximum atomic E-state index is 15.0. The van der Waals surface area contributed by atoms with Crippen molar-refractivity contribution in [1.29, 1.82) is 0 Å². The molecular weight excluding hydrogens is 524 g/mol. The predicted molar refractivity (Wildman–Crippen MR) is 149 cm³/mol. The van der Waals surface area contributed by atoms with Gasteiger partial charge in [-0.15, -0.1) is 0 Å². The molecule has 6 nitrogen and oxygen atoms in total. The molecular formula is C30H30F4N4O2. The standard InChI is InChI=1S/C28H24F4N4O2.C2H6/c1-16(19-7-3-5-17(25(19)31)6-4-12-37)15-35-28(36-33-2)21-13-18(8-9-22(21)29)38-27-23(30)14-24-20(26(27)32)10-11-34-24;1-2/h3,5,7-14,16,34H,2,4,6,15H2,1H3,(H,35,36);1-2H3. The van der Waals surface area contributed by atoms with Gasteiger partial charge >= 0.3 is 0 Å². The van der Waals surface area contributed by atoms with Crippen molar-refractivity contribution in [3.05, 3.63) is 94.7 Å². The number of H-pyrrole nitrogens is 1. The van der Waals surface area contributed by atoms with Gasteiger partial charge in [-0.05, 0) is 41.8 Å². The zero-order valence-electron chi connectivity index (χ0n) is 22.4. The fraction of sp³-hybridized carbons (Fsp3) is 0.233. The van der Waals surface area contributed by atoms with Crippen LogP contribution in [0, 0.1) is 23.3 Å².